The van der Waals surface area contributed by atoms with Crippen LogP contribution >= 0.6 is 34.7 Å². The van der Waals surface area contributed by atoms with E-state index in [-0.39, 0.29) is 17.8 Å². The van der Waals surface area contributed by atoms with Crippen LogP contribution in [0.25, 0.3) is 11.3 Å². The highest BCUT2D eigenvalue weighted by Crippen LogP contribution is 2.27. The number of rotatable bonds is 8. The third-order valence-electron chi connectivity index (χ3n) is 4.51. The Morgan fingerprint density at radius 2 is 1.94 bits per heavy atom. The molecular weight excluding hydrogens is 466 g/mol. The molecule has 0 fully saturated rings. The predicted molar refractivity (Wildman–Crippen MR) is 128 cm³/mol. The Balaban J connectivity index is 1.32. The molecule has 0 radical (unpaired) electrons. The minimum Gasteiger partial charge on any atom is -0.483 e. The number of amides is 1. The number of nitrogens with one attached hydrogen (secondary N) is 1. The Hall–Kier alpha value is -2.88. The largest absolute Gasteiger partial charge is 0.483 e. The summed E-state index contributed by atoms with van der Waals surface area (Å²) in [6.45, 7) is 1.92. The number of thioether (sulfide) groups is 1. The zero-order valence-corrected chi connectivity index (χ0v) is 19.7. The first-order valence-corrected chi connectivity index (χ1v) is 12.0. The molecule has 0 aliphatic heterocycles. The quantitative estimate of drug-likeness (QED) is 0.333. The molecular formula is C22H20ClN5O2S2. The Bertz CT molecular complexity index is 1190. The summed E-state index contributed by atoms with van der Waals surface area (Å²) in [7, 11) is 1.86. The molecule has 0 bridgehead atoms. The number of anilines is 1. The van der Waals surface area contributed by atoms with Crippen LogP contribution in [-0.2, 0) is 11.8 Å². The number of aromatic nitrogens is 4. The van der Waals surface area contributed by atoms with Gasteiger partial charge in [-0.2, -0.15) is 0 Å². The number of hydrogen-bond acceptors (Lipinski definition) is 7. The van der Waals surface area contributed by atoms with Crippen LogP contribution in [0, 0.1) is 0 Å². The maximum atomic E-state index is 12.4. The molecule has 0 saturated carbocycles. The number of benzene rings is 2. The number of ether oxygens (including phenoxy) is 1. The van der Waals surface area contributed by atoms with Crippen LogP contribution in [-0.4, -0.2) is 31.4 Å². The molecule has 164 valence electrons. The molecule has 32 heavy (non-hydrogen) atoms. The van der Waals surface area contributed by atoms with Gasteiger partial charge in [-0.1, -0.05) is 53.7 Å². The second-order valence-corrected chi connectivity index (χ2v) is 9.09. The average molecular weight is 486 g/mol. The van der Waals surface area contributed by atoms with Crippen LogP contribution in [0.15, 0.2) is 65.1 Å². The van der Waals surface area contributed by atoms with Gasteiger partial charge in [0.25, 0.3) is 0 Å². The fraction of sp³-hybridized carbons (Fsp3) is 0.182. The van der Waals surface area contributed by atoms with Gasteiger partial charge in [-0.05, 0) is 31.2 Å². The van der Waals surface area contributed by atoms with E-state index in [1.54, 1.807) is 0 Å². The molecule has 2 aromatic carbocycles. The minimum absolute atomic E-state index is 0.162. The fourth-order valence-corrected chi connectivity index (χ4v) is 4.51. The smallest absolute Gasteiger partial charge is 0.236 e. The van der Waals surface area contributed by atoms with Crippen molar-refractivity contribution in [1.82, 2.24) is 19.7 Å². The first kappa shape index (κ1) is 22.3. The van der Waals surface area contributed by atoms with E-state index in [1.165, 1.54) is 23.1 Å². The van der Waals surface area contributed by atoms with E-state index in [1.807, 2.05) is 78.5 Å². The van der Waals surface area contributed by atoms with E-state index in [9.17, 15) is 4.79 Å². The highest BCUT2D eigenvalue weighted by molar-refractivity contribution is 7.99. The van der Waals surface area contributed by atoms with E-state index in [2.05, 4.69) is 20.5 Å². The highest BCUT2D eigenvalue weighted by atomic mass is 35.5. The number of carbonyl (C=O) groups excluding carboxylic acids is 1. The molecule has 1 atom stereocenters. The van der Waals surface area contributed by atoms with Gasteiger partial charge >= 0.3 is 0 Å². The lowest BCUT2D eigenvalue weighted by Crippen LogP contribution is -2.14. The summed E-state index contributed by atoms with van der Waals surface area (Å²) in [5.41, 5.74) is 1.74. The van der Waals surface area contributed by atoms with Gasteiger partial charge in [0.2, 0.25) is 5.91 Å². The molecule has 4 rings (SSSR count). The number of carbonyl (C=O) groups is 1. The molecule has 1 N–H and O–H groups in total. The molecule has 0 spiro atoms. The molecule has 2 aromatic heterocycles. The summed E-state index contributed by atoms with van der Waals surface area (Å²) in [6.07, 6.45) is -0.278. The lowest BCUT2D eigenvalue weighted by atomic mass is 10.2. The Morgan fingerprint density at radius 3 is 2.69 bits per heavy atom. The Morgan fingerprint density at radius 1 is 1.19 bits per heavy atom. The Kier molecular flexibility index (Phi) is 7.09. The van der Waals surface area contributed by atoms with Crippen LogP contribution in [0.4, 0.5) is 5.13 Å². The van der Waals surface area contributed by atoms with Crippen molar-refractivity contribution in [3.63, 3.8) is 0 Å². The molecule has 7 nitrogen and oxygen atoms in total. The Labute approximate surface area is 198 Å². The summed E-state index contributed by atoms with van der Waals surface area (Å²) in [6, 6.07) is 17.0. The average Bonchev–Trinajstić information content (AvgIpc) is 3.40. The molecule has 0 aliphatic rings. The summed E-state index contributed by atoms with van der Waals surface area (Å²) in [5, 5.41) is 15.0. The maximum absolute atomic E-state index is 12.4. The zero-order chi connectivity index (χ0) is 22.5. The third-order valence-corrected chi connectivity index (χ3v) is 6.54. The number of halogens is 1. The van der Waals surface area contributed by atoms with Crippen molar-refractivity contribution in [2.45, 2.75) is 18.2 Å². The minimum atomic E-state index is -0.278. The van der Waals surface area contributed by atoms with E-state index < -0.39 is 0 Å². The van der Waals surface area contributed by atoms with Crippen LogP contribution in [0.5, 0.6) is 5.75 Å². The van der Waals surface area contributed by atoms with Crippen molar-refractivity contribution in [3.05, 3.63) is 70.8 Å². The lowest BCUT2D eigenvalue weighted by Gasteiger charge is -2.14. The molecule has 1 unspecified atom stereocenters. The van der Waals surface area contributed by atoms with E-state index in [4.69, 9.17) is 16.3 Å². The monoisotopic (exact) mass is 485 g/mol. The van der Waals surface area contributed by atoms with Crippen LogP contribution in [0.2, 0.25) is 5.02 Å². The van der Waals surface area contributed by atoms with Gasteiger partial charge in [-0.25, -0.2) is 4.98 Å². The van der Waals surface area contributed by atoms with Crippen molar-refractivity contribution >= 4 is 45.7 Å². The molecule has 1 amide bonds. The molecule has 2 heterocycles. The zero-order valence-electron chi connectivity index (χ0n) is 17.4. The van der Waals surface area contributed by atoms with Gasteiger partial charge in [0.05, 0.1) is 11.4 Å². The normalized spacial score (nSPS) is 11.8. The summed E-state index contributed by atoms with van der Waals surface area (Å²) < 4.78 is 7.76. The SMILES string of the molecule is CC(Oc1ccccc1)c1nnc(SCC(=O)Nc2nc(-c3ccc(Cl)cc3)cs2)n1C. The van der Waals surface area contributed by atoms with Crippen molar-refractivity contribution in [2.75, 3.05) is 11.1 Å². The van der Waals surface area contributed by atoms with Crippen molar-refractivity contribution < 1.29 is 9.53 Å². The van der Waals surface area contributed by atoms with Gasteiger partial charge in [-0.15, -0.1) is 21.5 Å². The summed E-state index contributed by atoms with van der Waals surface area (Å²) in [4.78, 5) is 16.9. The molecule has 4 aromatic rings. The number of hydrogen-bond donors (Lipinski definition) is 1. The summed E-state index contributed by atoms with van der Waals surface area (Å²) in [5.74, 6) is 1.47. The van der Waals surface area contributed by atoms with Crippen molar-refractivity contribution in [3.8, 4) is 17.0 Å². The fourth-order valence-electron chi connectivity index (χ4n) is 2.93. The first-order valence-electron chi connectivity index (χ1n) is 9.74. The number of thiazole rings is 1. The predicted octanol–water partition coefficient (Wildman–Crippen LogP) is 5.46. The molecule has 0 aliphatic carbocycles. The van der Waals surface area contributed by atoms with Gasteiger partial charge in [0, 0.05) is 23.0 Å². The van der Waals surface area contributed by atoms with Gasteiger partial charge in [-0.3, -0.25) is 4.79 Å². The van der Waals surface area contributed by atoms with Crippen LogP contribution in [0.3, 0.4) is 0 Å². The van der Waals surface area contributed by atoms with Gasteiger partial charge in [0.15, 0.2) is 22.2 Å². The standard InChI is InChI=1S/C22H20ClN5O2S2/c1-14(30-17-6-4-3-5-7-17)20-26-27-22(28(20)2)32-13-19(29)25-21-24-18(12-31-21)15-8-10-16(23)11-9-15/h3-12,14H,13H2,1-2H3,(H,24,25,29). The van der Waals surface area contributed by atoms with E-state index in [0.29, 0.717) is 21.1 Å². The summed E-state index contributed by atoms with van der Waals surface area (Å²) >= 11 is 8.61. The maximum Gasteiger partial charge on any atom is 0.236 e. The van der Waals surface area contributed by atoms with Crippen LogP contribution in [0.1, 0.15) is 18.9 Å². The second kappa shape index (κ2) is 10.2. The van der Waals surface area contributed by atoms with Crippen molar-refractivity contribution in [1.29, 1.82) is 0 Å². The number of para-hydroxylation sites is 1. The second-order valence-electron chi connectivity index (χ2n) is 6.85. The topological polar surface area (TPSA) is 81.9 Å². The number of nitrogens with zero attached hydrogens (tertiary/aromatic N) is 4. The molecule has 0 saturated heterocycles. The first-order chi connectivity index (χ1) is 15.5. The van der Waals surface area contributed by atoms with Gasteiger partial charge < -0.3 is 14.6 Å². The molecule has 10 heteroatoms. The van der Waals surface area contributed by atoms with Crippen LogP contribution < -0.4 is 10.1 Å². The lowest BCUT2D eigenvalue weighted by molar-refractivity contribution is -0.113. The van der Waals surface area contributed by atoms with Crippen molar-refractivity contribution in [2.24, 2.45) is 7.05 Å². The third kappa shape index (κ3) is 5.48. The van der Waals surface area contributed by atoms with Gasteiger partial charge in [0.1, 0.15) is 5.75 Å². The van der Waals surface area contributed by atoms with E-state index >= 15 is 0 Å². The highest BCUT2D eigenvalue weighted by Gasteiger charge is 2.18. The van der Waals surface area contributed by atoms with E-state index in [0.717, 1.165) is 17.0 Å².